The first-order chi connectivity index (χ1) is 16.8. The Morgan fingerprint density at radius 1 is 0.971 bits per heavy atom. The Hall–Kier alpha value is -4.10. The van der Waals surface area contributed by atoms with Crippen LogP contribution in [-0.4, -0.2) is 34.1 Å². The number of aryl methyl sites for hydroxylation is 1. The molecule has 7 nitrogen and oxygen atoms in total. The summed E-state index contributed by atoms with van der Waals surface area (Å²) in [6.07, 6.45) is 0.222. The maximum atomic E-state index is 11.7. The molecule has 4 aromatic rings. The summed E-state index contributed by atoms with van der Waals surface area (Å²) in [7, 11) is 1.68. The Labute approximate surface area is 204 Å². The van der Waals surface area contributed by atoms with Gasteiger partial charge in [0.1, 0.15) is 0 Å². The molecule has 0 unspecified atom stereocenters. The first-order valence-electron chi connectivity index (χ1n) is 11.2. The smallest absolute Gasteiger partial charge is 0.303 e. The number of carbonyl (C=O) groups is 2. The molecule has 0 aliphatic rings. The third-order valence-electron chi connectivity index (χ3n) is 5.34. The molecule has 3 aromatic carbocycles. The van der Waals surface area contributed by atoms with Gasteiger partial charge in [0.25, 0.3) is 5.89 Å². The van der Waals surface area contributed by atoms with Gasteiger partial charge in [-0.25, -0.2) is 0 Å². The van der Waals surface area contributed by atoms with Gasteiger partial charge in [-0.2, -0.15) is 4.98 Å². The average molecular weight is 473 g/mol. The highest BCUT2D eigenvalue weighted by Crippen LogP contribution is 2.31. The second-order valence-electron chi connectivity index (χ2n) is 7.93. The van der Waals surface area contributed by atoms with Gasteiger partial charge in [0, 0.05) is 30.2 Å². The summed E-state index contributed by atoms with van der Waals surface area (Å²) in [5.41, 5.74) is 6.71. The number of aliphatic carboxylic acids is 1. The molecular formula is C28H28N2O5. The quantitative estimate of drug-likeness (QED) is 0.319. The first kappa shape index (κ1) is 25.5. The lowest BCUT2D eigenvalue weighted by Crippen LogP contribution is -1.95. The fraction of sp³-hybridized carbons (Fsp3) is 0.214. The van der Waals surface area contributed by atoms with Crippen LogP contribution in [0.3, 0.4) is 0 Å². The van der Waals surface area contributed by atoms with Crippen LogP contribution in [0.1, 0.15) is 41.8 Å². The molecule has 0 aliphatic carbocycles. The maximum absolute atomic E-state index is 11.7. The number of methoxy groups -OCH3 is 1. The van der Waals surface area contributed by atoms with E-state index in [0.717, 1.165) is 22.3 Å². The lowest BCUT2D eigenvalue weighted by Gasteiger charge is -2.12. The zero-order chi connectivity index (χ0) is 25.4. The fourth-order valence-corrected chi connectivity index (χ4v) is 3.47. The van der Waals surface area contributed by atoms with Crippen molar-refractivity contribution >= 4 is 11.8 Å². The van der Waals surface area contributed by atoms with E-state index in [0.29, 0.717) is 23.9 Å². The minimum Gasteiger partial charge on any atom is -0.481 e. The largest absolute Gasteiger partial charge is 0.481 e. The van der Waals surface area contributed by atoms with Crippen LogP contribution in [0.25, 0.3) is 34.0 Å². The molecule has 0 aliphatic heterocycles. The van der Waals surface area contributed by atoms with E-state index in [1.165, 1.54) is 18.1 Å². The Morgan fingerprint density at radius 2 is 1.71 bits per heavy atom. The van der Waals surface area contributed by atoms with Crippen molar-refractivity contribution in [2.75, 3.05) is 7.11 Å². The van der Waals surface area contributed by atoms with Crippen LogP contribution in [0.15, 0.2) is 71.3 Å². The van der Waals surface area contributed by atoms with Crippen LogP contribution >= 0.6 is 0 Å². The van der Waals surface area contributed by atoms with E-state index >= 15 is 0 Å². The molecule has 1 N–H and O–H groups in total. The number of ketones is 1. The second kappa shape index (κ2) is 11.9. The Bertz CT molecular complexity index is 1330. The number of ether oxygens (including phenoxy) is 1. The molecular weight excluding hydrogens is 444 g/mol. The number of aromatic nitrogens is 2. The molecule has 0 fully saturated rings. The minimum atomic E-state index is -0.745. The molecule has 0 saturated heterocycles. The van der Waals surface area contributed by atoms with Crippen LogP contribution in [0.4, 0.5) is 0 Å². The van der Waals surface area contributed by atoms with Gasteiger partial charge in [-0.1, -0.05) is 60.6 Å². The van der Waals surface area contributed by atoms with Crippen LogP contribution in [-0.2, 0) is 16.1 Å². The van der Waals surface area contributed by atoms with Gasteiger partial charge in [0.05, 0.1) is 6.61 Å². The second-order valence-corrected chi connectivity index (χ2v) is 7.93. The highest BCUT2D eigenvalue weighted by atomic mass is 16.5. The van der Waals surface area contributed by atoms with Gasteiger partial charge in [0.15, 0.2) is 5.78 Å². The number of Topliss-reactive ketones (excluding diaryl/α,β-unsaturated/α-hetero) is 1. The summed E-state index contributed by atoms with van der Waals surface area (Å²) in [6, 6.07) is 21.5. The van der Waals surface area contributed by atoms with Crippen LogP contribution in [0, 0.1) is 6.92 Å². The summed E-state index contributed by atoms with van der Waals surface area (Å²) < 4.78 is 11.0. The summed E-state index contributed by atoms with van der Waals surface area (Å²) in [4.78, 5) is 25.6. The molecule has 1 heterocycles. The van der Waals surface area contributed by atoms with Gasteiger partial charge in [-0.15, -0.1) is 0 Å². The predicted octanol–water partition coefficient (Wildman–Crippen LogP) is 6.21. The van der Waals surface area contributed by atoms with E-state index in [2.05, 4.69) is 35.3 Å². The van der Waals surface area contributed by atoms with E-state index in [9.17, 15) is 9.59 Å². The van der Waals surface area contributed by atoms with Gasteiger partial charge < -0.3 is 14.4 Å². The number of hydrogen-bond donors (Lipinski definition) is 1. The molecule has 0 atom stereocenters. The molecule has 35 heavy (non-hydrogen) atoms. The highest BCUT2D eigenvalue weighted by molar-refractivity contribution is 5.95. The van der Waals surface area contributed by atoms with Gasteiger partial charge in [-0.05, 0) is 54.3 Å². The monoisotopic (exact) mass is 472 g/mol. The SMILES string of the molecule is CCC(=O)O.COCc1cc(-c2nc(-c3cccc(C(C)=O)c3)no2)ccc1-c1ccccc1C. The van der Waals surface area contributed by atoms with Crippen molar-refractivity contribution in [2.45, 2.75) is 33.8 Å². The van der Waals surface area contributed by atoms with Crippen LogP contribution < -0.4 is 0 Å². The zero-order valence-corrected chi connectivity index (χ0v) is 20.2. The Balaban J connectivity index is 0.000000623. The summed E-state index contributed by atoms with van der Waals surface area (Å²) in [5, 5.41) is 11.8. The van der Waals surface area contributed by atoms with Gasteiger partial charge >= 0.3 is 5.97 Å². The normalized spacial score (nSPS) is 10.4. The van der Waals surface area contributed by atoms with Crippen molar-refractivity contribution in [1.82, 2.24) is 10.1 Å². The molecule has 0 spiro atoms. The molecule has 0 radical (unpaired) electrons. The number of carboxylic acids is 1. The maximum Gasteiger partial charge on any atom is 0.303 e. The predicted molar refractivity (Wildman–Crippen MR) is 134 cm³/mol. The van der Waals surface area contributed by atoms with E-state index in [4.69, 9.17) is 14.4 Å². The number of hydrogen-bond acceptors (Lipinski definition) is 6. The van der Waals surface area contributed by atoms with E-state index < -0.39 is 5.97 Å². The molecule has 7 heteroatoms. The van der Waals surface area contributed by atoms with E-state index in [1.54, 1.807) is 26.2 Å². The molecule has 4 rings (SSSR count). The number of carboxylic acid groups (broad SMARTS) is 1. The van der Waals surface area contributed by atoms with Crippen molar-refractivity contribution in [3.63, 3.8) is 0 Å². The topological polar surface area (TPSA) is 103 Å². The number of rotatable bonds is 7. The summed E-state index contributed by atoms with van der Waals surface area (Å²) in [6.45, 7) is 5.70. The first-order valence-corrected chi connectivity index (χ1v) is 11.2. The lowest BCUT2D eigenvalue weighted by molar-refractivity contribution is -0.136. The fourth-order valence-electron chi connectivity index (χ4n) is 3.47. The third kappa shape index (κ3) is 6.49. The van der Waals surface area contributed by atoms with Gasteiger partial charge in [0.2, 0.25) is 5.82 Å². The van der Waals surface area contributed by atoms with Crippen molar-refractivity contribution in [3.8, 4) is 34.0 Å². The lowest BCUT2D eigenvalue weighted by atomic mass is 9.94. The molecule has 1 aromatic heterocycles. The zero-order valence-electron chi connectivity index (χ0n) is 20.2. The molecule has 0 amide bonds. The van der Waals surface area contributed by atoms with Crippen molar-refractivity contribution in [1.29, 1.82) is 0 Å². The highest BCUT2D eigenvalue weighted by Gasteiger charge is 2.15. The van der Waals surface area contributed by atoms with Crippen LogP contribution in [0.2, 0.25) is 0 Å². The van der Waals surface area contributed by atoms with Gasteiger partial charge in [-0.3, -0.25) is 9.59 Å². The van der Waals surface area contributed by atoms with E-state index in [-0.39, 0.29) is 12.2 Å². The van der Waals surface area contributed by atoms with Crippen molar-refractivity contribution in [3.05, 3.63) is 83.4 Å². The summed E-state index contributed by atoms with van der Waals surface area (Å²) >= 11 is 0. The number of nitrogens with zero attached hydrogens (tertiary/aromatic N) is 2. The Kier molecular flexibility index (Phi) is 8.64. The molecule has 0 bridgehead atoms. The number of carbonyl (C=O) groups excluding carboxylic acids is 1. The van der Waals surface area contributed by atoms with Crippen molar-refractivity contribution in [2.24, 2.45) is 0 Å². The standard InChI is InChI=1S/C25H22N2O3.C3H6O2/c1-16-7-4-5-10-22(16)23-12-11-20(14-21(23)15-29-3)25-26-24(27-30-25)19-9-6-8-18(13-19)17(2)28;1-2-3(4)5/h4-14H,15H2,1-3H3;2H2,1H3,(H,4,5). The third-order valence-corrected chi connectivity index (χ3v) is 5.34. The minimum absolute atomic E-state index is 0.00318. The molecule has 0 saturated carbocycles. The average Bonchev–Trinajstić information content (AvgIpc) is 3.36. The van der Waals surface area contributed by atoms with Crippen molar-refractivity contribution < 1.29 is 24.0 Å². The molecule has 180 valence electrons. The number of benzene rings is 3. The van der Waals surface area contributed by atoms with E-state index in [1.807, 2.05) is 36.4 Å². The van der Waals surface area contributed by atoms with Crippen LogP contribution in [0.5, 0.6) is 0 Å². The Morgan fingerprint density at radius 3 is 2.37 bits per heavy atom. The summed E-state index contributed by atoms with van der Waals surface area (Å²) in [5.74, 6) is 0.123.